The zero-order chi connectivity index (χ0) is 25.4. The predicted octanol–water partition coefficient (Wildman–Crippen LogP) is 3.33. The summed E-state index contributed by atoms with van der Waals surface area (Å²) in [5, 5.41) is 11.6. The van der Waals surface area contributed by atoms with Crippen molar-refractivity contribution in [2.24, 2.45) is 0 Å². The third-order valence-corrected chi connectivity index (χ3v) is 5.15. The highest BCUT2D eigenvalue weighted by molar-refractivity contribution is 5.79. The number of anilines is 3. The third-order valence-electron chi connectivity index (χ3n) is 5.15. The first-order valence-corrected chi connectivity index (χ1v) is 10.1. The molecule has 0 unspecified atom stereocenters. The molecule has 0 saturated heterocycles. The summed E-state index contributed by atoms with van der Waals surface area (Å²) in [6, 6.07) is 4.63. The summed E-state index contributed by atoms with van der Waals surface area (Å²) in [4.78, 5) is 25.2. The van der Waals surface area contributed by atoms with Crippen LogP contribution in [0.1, 0.15) is 30.8 Å². The number of nitrogens with two attached hydrogens (primary N) is 2. The lowest BCUT2D eigenvalue weighted by atomic mass is 10.1. The molecule has 4 aromatic rings. The van der Waals surface area contributed by atoms with Crippen molar-refractivity contribution < 1.29 is 17.6 Å². The Bertz CT molecular complexity index is 1560. The molecule has 0 amide bonds. The van der Waals surface area contributed by atoms with Crippen LogP contribution in [0.25, 0.3) is 16.6 Å². The third kappa shape index (κ3) is 4.17. The van der Waals surface area contributed by atoms with Crippen molar-refractivity contribution >= 4 is 28.5 Å². The molecule has 4 rings (SSSR count). The minimum atomic E-state index is -1.10. The molecule has 2 aromatic heterocycles. The number of nitrogens with one attached hydrogen (secondary N) is 1. The Balaban J connectivity index is 2.04. The van der Waals surface area contributed by atoms with Gasteiger partial charge >= 0.3 is 0 Å². The zero-order valence-electron chi connectivity index (χ0n) is 18.0. The van der Waals surface area contributed by atoms with Gasteiger partial charge in [0.1, 0.15) is 57.4 Å². The van der Waals surface area contributed by atoms with Crippen molar-refractivity contribution in [3.63, 3.8) is 0 Å². The van der Waals surface area contributed by atoms with Crippen molar-refractivity contribution in [3.8, 4) is 11.8 Å². The molecule has 13 heteroatoms. The average molecular weight is 484 g/mol. The topological polar surface area (TPSA) is 149 Å². The molecular formula is C22H16F4N8O. The number of nitrogen functional groups attached to an aromatic ring is 2. The van der Waals surface area contributed by atoms with Crippen molar-refractivity contribution in [2.75, 3.05) is 16.8 Å². The highest BCUT2D eigenvalue weighted by Gasteiger charge is 2.25. The number of aromatic nitrogens is 4. The summed E-state index contributed by atoms with van der Waals surface area (Å²) < 4.78 is 58.0. The highest BCUT2D eigenvalue weighted by Crippen LogP contribution is 2.28. The van der Waals surface area contributed by atoms with E-state index in [4.69, 9.17) is 11.5 Å². The molecule has 0 radical (unpaired) electrons. The first kappa shape index (κ1) is 23.4. The molecule has 1 atom stereocenters. The fourth-order valence-electron chi connectivity index (χ4n) is 3.61. The Morgan fingerprint density at radius 3 is 2.34 bits per heavy atom. The Morgan fingerprint density at radius 1 is 1.06 bits per heavy atom. The summed E-state index contributed by atoms with van der Waals surface area (Å²) in [6.07, 6.45) is 0.140. The lowest BCUT2D eigenvalue weighted by Crippen LogP contribution is -2.29. The maximum Gasteiger partial charge on any atom is 0.269 e. The van der Waals surface area contributed by atoms with Crippen LogP contribution in [-0.2, 0) is 0 Å². The van der Waals surface area contributed by atoms with Gasteiger partial charge in [-0.05, 0) is 30.7 Å². The predicted molar refractivity (Wildman–Crippen MR) is 119 cm³/mol. The molecule has 0 aliphatic heterocycles. The van der Waals surface area contributed by atoms with E-state index < -0.39 is 45.8 Å². The maximum atomic E-state index is 14.6. The van der Waals surface area contributed by atoms with E-state index in [1.54, 1.807) is 6.92 Å². The van der Waals surface area contributed by atoms with Crippen LogP contribution in [0.4, 0.5) is 35.1 Å². The second-order valence-corrected chi connectivity index (χ2v) is 7.40. The molecule has 0 fully saturated rings. The van der Waals surface area contributed by atoms with Crippen LogP contribution in [0.3, 0.4) is 0 Å². The van der Waals surface area contributed by atoms with Gasteiger partial charge in [-0.1, -0.05) is 6.92 Å². The first-order valence-electron chi connectivity index (χ1n) is 10.1. The molecule has 0 aliphatic carbocycles. The van der Waals surface area contributed by atoms with Gasteiger partial charge in [0, 0.05) is 6.07 Å². The van der Waals surface area contributed by atoms with Crippen molar-refractivity contribution in [2.45, 2.75) is 19.4 Å². The van der Waals surface area contributed by atoms with E-state index in [9.17, 15) is 27.6 Å². The number of rotatable bonds is 5. The van der Waals surface area contributed by atoms with Crippen LogP contribution in [0, 0.1) is 34.6 Å². The number of fused-ring (bicyclic) bond motifs is 1. The lowest BCUT2D eigenvalue weighted by molar-refractivity contribution is 0.577. The number of nitrogens with zero attached hydrogens (tertiary/aromatic N) is 5. The number of nitriles is 1. The van der Waals surface area contributed by atoms with Crippen LogP contribution < -0.4 is 22.3 Å². The van der Waals surface area contributed by atoms with Crippen molar-refractivity contribution in [1.29, 1.82) is 5.26 Å². The molecule has 178 valence electrons. The minimum absolute atomic E-state index is 0.115. The second-order valence-electron chi connectivity index (χ2n) is 7.40. The summed E-state index contributed by atoms with van der Waals surface area (Å²) >= 11 is 0. The van der Waals surface area contributed by atoms with Crippen LogP contribution in [0.15, 0.2) is 35.1 Å². The van der Waals surface area contributed by atoms with Gasteiger partial charge in [-0.3, -0.25) is 9.36 Å². The van der Waals surface area contributed by atoms with E-state index in [1.165, 1.54) is 0 Å². The Kier molecular flexibility index (Phi) is 5.96. The van der Waals surface area contributed by atoms with Gasteiger partial charge in [0.2, 0.25) is 5.95 Å². The number of benzene rings is 2. The van der Waals surface area contributed by atoms with Gasteiger partial charge in [0.05, 0.1) is 11.7 Å². The molecule has 0 saturated carbocycles. The zero-order valence-corrected chi connectivity index (χ0v) is 18.0. The Morgan fingerprint density at radius 2 is 1.71 bits per heavy atom. The number of hydrogen-bond acceptors (Lipinski definition) is 8. The van der Waals surface area contributed by atoms with Gasteiger partial charge in [-0.15, -0.1) is 0 Å². The molecule has 0 aliphatic rings. The summed E-state index contributed by atoms with van der Waals surface area (Å²) in [5.41, 5.74) is 9.20. The second kappa shape index (κ2) is 8.90. The largest absolute Gasteiger partial charge is 0.382 e. The molecule has 0 bridgehead atoms. The van der Waals surface area contributed by atoms with Crippen LogP contribution in [0.2, 0.25) is 0 Å². The fourth-order valence-corrected chi connectivity index (χ4v) is 3.61. The quantitative estimate of drug-likeness (QED) is 0.365. The highest BCUT2D eigenvalue weighted by atomic mass is 19.1. The van der Waals surface area contributed by atoms with Crippen LogP contribution in [-0.4, -0.2) is 19.5 Å². The van der Waals surface area contributed by atoms with E-state index in [0.717, 1.165) is 28.8 Å². The first-order chi connectivity index (χ1) is 16.6. The summed E-state index contributed by atoms with van der Waals surface area (Å²) in [7, 11) is 0. The summed E-state index contributed by atoms with van der Waals surface area (Å²) in [6.45, 7) is 1.65. The van der Waals surface area contributed by atoms with E-state index >= 15 is 0 Å². The van der Waals surface area contributed by atoms with E-state index in [2.05, 4.69) is 20.3 Å². The normalized spacial score (nSPS) is 11.9. The standard InChI is InChI=1S/C22H16F4N8O/c1-2-15(30-19-12(8-27)18(28)32-22(29)33-19)20-31-17-14(26)4-3-13(25)16(17)21(35)34(20)11-6-9(23)5-10(24)7-11/h3-7,15H,2H2,1H3,(H5,28,29,30,32,33)/t15-/m0/s1. The Hall–Kier alpha value is -4.73. The molecule has 5 N–H and O–H groups in total. The van der Waals surface area contributed by atoms with E-state index in [-0.39, 0.29) is 41.1 Å². The number of halogens is 4. The smallest absolute Gasteiger partial charge is 0.269 e. The minimum Gasteiger partial charge on any atom is -0.382 e. The molecule has 2 heterocycles. The van der Waals surface area contributed by atoms with Gasteiger partial charge in [0.15, 0.2) is 5.82 Å². The summed E-state index contributed by atoms with van der Waals surface area (Å²) in [5.74, 6) is -4.91. The molecular weight excluding hydrogens is 468 g/mol. The van der Waals surface area contributed by atoms with Gasteiger partial charge in [-0.25, -0.2) is 22.5 Å². The maximum absolute atomic E-state index is 14.6. The Labute approximate surface area is 194 Å². The molecule has 35 heavy (non-hydrogen) atoms. The van der Waals surface area contributed by atoms with Crippen molar-refractivity contribution in [3.05, 3.63) is 75.3 Å². The fraction of sp³-hybridized carbons (Fsp3) is 0.136. The number of hydrogen-bond donors (Lipinski definition) is 3. The van der Waals surface area contributed by atoms with Gasteiger partial charge < -0.3 is 16.8 Å². The van der Waals surface area contributed by atoms with E-state index in [1.807, 2.05) is 6.07 Å². The lowest BCUT2D eigenvalue weighted by Gasteiger charge is -2.23. The van der Waals surface area contributed by atoms with Crippen LogP contribution in [0.5, 0.6) is 0 Å². The monoisotopic (exact) mass is 484 g/mol. The molecule has 0 spiro atoms. The molecule has 9 nitrogen and oxygen atoms in total. The average Bonchev–Trinajstić information content (AvgIpc) is 2.78. The molecule has 2 aromatic carbocycles. The van der Waals surface area contributed by atoms with E-state index in [0.29, 0.717) is 6.07 Å². The van der Waals surface area contributed by atoms with Crippen molar-refractivity contribution in [1.82, 2.24) is 19.5 Å². The SMILES string of the molecule is CC[C@H](Nc1nc(N)nc(N)c1C#N)c1nc2c(F)ccc(F)c2c(=O)n1-c1cc(F)cc(F)c1. The van der Waals surface area contributed by atoms with Gasteiger partial charge in [0.25, 0.3) is 5.56 Å². The van der Waals surface area contributed by atoms with Crippen LogP contribution >= 0.6 is 0 Å². The van der Waals surface area contributed by atoms with Gasteiger partial charge in [-0.2, -0.15) is 15.2 Å².